The molecule has 5 unspecified atom stereocenters. The van der Waals surface area contributed by atoms with Crippen LogP contribution in [0, 0.1) is 29.6 Å². The van der Waals surface area contributed by atoms with E-state index in [-0.39, 0.29) is 0 Å². The quantitative estimate of drug-likeness (QED) is 0.613. The maximum absolute atomic E-state index is 2.46. The van der Waals surface area contributed by atoms with E-state index in [0.29, 0.717) is 0 Å². The van der Waals surface area contributed by atoms with Crippen LogP contribution >= 0.6 is 0 Å². The summed E-state index contributed by atoms with van der Waals surface area (Å²) in [5.41, 5.74) is 0. The molecule has 0 N–H and O–H groups in total. The van der Waals surface area contributed by atoms with Crippen LogP contribution in [0.2, 0.25) is 0 Å². The van der Waals surface area contributed by atoms with E-state index in [9.17, 15) is 0 Å². The van der Waals surface area contributed by atoms with Gasteiger partial charge in [0.05, 0.1) is 0 Å². The number of rotatable bonds is 3. The summed E-state index contributed by atoms with van der Waals surface area (Å²) in [6.07, 6.45) is 7.48. The zero-order valence-corrected chi connectivity index (χ0v) is 9.42. The van der Waals surface area contributed by atoms with E-state index in [2.05, 4.69) is 20.8 Å². The van der Waals surface area contributed by atoms with Crippen molar-refractivity contribution in [2.75, 3.05) is 0 Å². The molecule has 0 spiro atoms. The Bertz CT molecular complexity index is 173. The first kappa shape index (κ1) is 9.55. The molecule has 0 saturated heterocycles. The lowest BCUT2D eigenvalue weighted by Gasteiger charge is -2.18. The van der Waals surface area contributed by atoms with Gasteiger partial charge in [-0.25, -0.2) is 0 Å². The van der Waals surface area contributed by atoms with Crippen molar-refractivity contribution in [2.45, 2.75) is 52.9 Å². The molecule has 0 nitrogen and oxygen atoms in total. The number of hydrogen-bond donors (Lipinski definition) is 0. The van der Waals surface area contributed by atoms with Crippen molar-refractivity contribution >= 4 is 0 Å². The van der Waals surface area contributed by atoms with Crippen molar-refractivity contribution in [3.05, 3.63) is 0 Å². The van der Waals surface area contributed by atoms with Gasteiger partial charge in [0.25, 0.3) is 0 Å². The predicted molar refractivity (Wildman–Crippen MR) is 57.6 cm³/mol. The molecule has 0 aromatic heterocycles. The Morgan fingerprint density at radius 1 is 1.15 bits per heavy atom. The Labute approximate surface area is 83.1 Å². The summed E-state index contributed by atoms with van der Waals surface area (Å²) in [5.74, 6) is 5.51. The van der Waals surface area contributed by atoms with E-state index in [4.69, 9.17) is 0 Å². The average molecular weight is 180 g/mol. The van der Waals surface area contributed by atoms with Crippen LogP contribution in [0.3, 0.4) is 0 Å². The van der Waals surface area contributed by atoms with Gasteiger partial charge in [-0.1, -0.05) is 40.0 Å². The van der Waals surface area contributed by atoms with Crippen molar-refractivity contribution in [2.24, 2.45) is 29.6 Å². The Morgan fingerprint density at radius 3 is 2.54 bits per heavy atom. The molecule has 0 amide bonds. The lowest BCUT2D eigenvalue weighted by Crippen LogP contribution is -2.06. The second-order valence-electron chi connectivity index (χ2n) is 5.38. The molecular weight excluding hydrogens is 156 g/mol. The highest BCUT2D eigenvalue weighted by atomic mass is 14.6. The molecule has 76 valence electrons. The number of fused-ring (bicyclic) bond motifs is 1. The molecule has 2 aliphatic carbocycles. The van der Waals surface area contributed by atoms with Crippen molar-refractivity contribution in [1.82, 2.24) is 0 Å². The first-order valence-corrected chi connectivity index (χ1v) is 6.27. The van der Waals surface area contributed by atoms with Gasteiger partial charge >= 0.3 is 0 Å². The smallest absolute Gasteiger partial charge is 0.0326 e. The van der Waals surface area contributed by atoms with Crippen LogP contribution < -0.4 is 0 Å². The Kier molecular flexibility index (Phi) is 2.67. The summed E-state index contributed by atoms with van der Waals surface area (Å²) in [6, 6.07) is 0. The zero-order chi connectivity index (χ0) is 9.42. The van der Waals surface area contributed by atoms with Gasteiger partial charge < -0.3 is 0 Å². The summed E-state index contributed by atoms with van der Waals surface area (Å²) in [7, 11) is 0. The first-order valence-electron chi connectivity index (χ1n) is 6.27. The molecule has 0 bridgehead atoms. The highest BCUT2D eigenvalue weighted by Gasteiger charge is 2.53. The van der Waals surface area contributed by atoms with E-state index in [1.165, 1.54) is 19.3 Å². The maximum Gasteiger partial charge on any atom is -0.0326 e. The van der Waals surface area contributed by atoms with Crippen LogP contribution in [0.25, 0.3) is 0 Å². The summed E-state index contributed by atoms with van der Waals surface area (Å²) >= 11 is 0. The second-order valence-corrected chi connectivity index (χ2v) is 5.38. The van der Waals surface area contributed by atoms with Crippen molar-refractivity contribution in [3.8, 4) is 0 Å². The molecule has 2 rings (SSSR count). The molecule has 2 fully saturated rings. The average Bonchev–Trinajstić information content (AvgIpc) is 2.89. The third-order valence-corrected chi connectivity index (χ3v) is 4.79. The highest BCUT2D eigenvalue weighted by molar-refractivity contribution is 5.02. The van der Waals surface area contributed by atoms with E-state index >= 15 is 0 Å². The van der Waals surface area contributed by atoms with E-state index in [0.717, 1.165) is 29.6 Å². The van der Waals surface area contributed by atoms with Crippen LogP contribution in [0.4, 0.5) is 0 Å². The third kappa shape index (κ3) is 1.65. The van der Waals surface area contributed by atoms with Crippen LogP contribution in [-0.4, -0.2) is 0 Å². The van der Waals surface area contributed by atoms with E-state index < -0.39 is 0 Å². The summed E-state index contributed by atoms with van der Waals surface area (Å²) in [6.45, 7) is 7.18. The third-order valence-electron chi connectivity index (χ3n) is 4.79. The van der Waals surface area contributed by atoms with Gasteiger partial charge in [0.15, 0.2) is 0 Å². The van der Waals surface area contributed by atoms with Crippen molar-refractivity contribution in [3.63, 3.8) is 0 Å². The monoisotopic (exact) mass is 180 g/mol. The molecule has 0 aliphatic heterocycles. The van der Waals surface area contributed by atoms with Crippen molar-refractivity contribution < 1.29 is 0 Å². The molecular formula is C13H24. The Balaban J connectivity index is 1.87. The summed E-state index contributed by atoms with van der Waals surface area (Å²) in [4.78, 5) is 0. The van der Waals surface area contributed by atoms with Gasteiger partial charge in [0, 0.05) is 0 Å². The van der Waals surface area contributed by atoms with Gasteiger partial charge in [-0.15, -0.1) is 0 Å². The van der Waals surface area contributed by atoms with Gasteiger partial charge in [-0.05, 0) is 42.4 Å². The Morgan fingerprint density at radius 2 is 1.92 bits per heavy atom. The topological polar surface area (TPSA) is 0 Å². The molecule has 2 saturated carbocycles. The minimum absolute atomic E-state index is 1.01. The molecule has 0 radical (unpaired) electrons. The van der Waals surface area contributed by atoms with E-state index in [1.54, 1.807) is 12.8 Å². The largest absolute Gasteiger partial charge is 0.0651 e. The lowest BCUT2D eigenvalue weighted by atomic mass is 9.88. The van der Waals surface area contributed by atoms with Gasteiger partial charge in [0.1, 0.15) is 0 Å². The molecule has 0 heteroatoms. The van der Waals surface area contributed by atoms with E-state index in [1.807, 2.05) is 0 Å². The van der Waals surface area contributed by atoms with Crippen LogP contribution in [0.15, 0.2) is 0 Å². The highest BCUT2D eigenvalue weighted by Crippen LogP contribution is 2.60. The summed E-state index contributed by atoms with van der Waals surface area (Å²) in [5, 5.41) is 0. The standard InChI is InChI=1S/C13H24/c1-4-9(3)13-11-7-6-10(5-2)8-12(11)13/h9-13H,4-8H2,1-3H3. The van der Waals surface area contributed by atoms with Crippen LogP contribution in [-0.2, 0) is 0 Å². The molecule has 0 aromatic carbocycles. The van der Waals surface area contributed by atoms with Crippen LogP contribution in [0.5, 0.6) is 0 Å². The predicted octanol–water partition coefficient (Wildman–Crippen LogP) is 4.10. The maximum atomic E-state index is 2.46. The second kappa shape index (κ2) is 3.63. The van der Waals surface area contributed by atoms with Crippen molar-refractivity contribution in [1.29, 1.82) is 0 Å². The molecule has 0 aromatic rings. The fourth-order valence-corrected chi connectivity index (χ4v) is 3.63. The zero-order valence-electron chi connectivity index (χ0n) is 9.42. The lowest BCUT2D eigenvalue weighted by molar-refractivity contribution is 0.334. The molecule has 0 heterocycles. The normalized spacial score (nSPS) is 45.5. The SMILES string of the molecule is CCC1CCC2C(C1)C2C(C)CC. The summed E-state index contributed by atoms with van der Waals surface area (Å²) < 4.78 is 0. The minimum atomic E-state index is 1.01. The fraction of sp³-hybridized carbons (Fsp3) is 1.00. The first-order chi connectivity index (χ1) is 6.27. The van der Waals surface area contributed by atoms with Crippen LogP contribution in [0.1, 0.15) is 52.9 Å². The van der Waals surface area contributed by atoms with Gasteiger partial charge in [0.2, 0.25) is 0 Å². The molecule has 5 atom stereocenters. The van der Waals surface area contributed by atoms with Gasteiger partial charge in [-0.2, -0.15) is 0 Å². The minimum Gasteiger partial charge on any atom is -0.0651 e. The molecule has 13 heavy (non-hydrogen) atoms. The number of hydrogen-bond acceptors (Lipinski definition) is 0. The fourth-order valence-electron chi connectivity index (χ4n) is 3.63. The molecule has 2 aliphatic rings. The Hall–Kier alpha value is 0. The van der Waals surface area contributed by atoms with Gasteiger partial charge in [-0.3, -0.25) is 0 Å².